The first-order valence-electron chi connectivity index (χ1n) is 5.40. The fraction of sp³-hybridized carbons (Fsp3) is 0.727. The van der Waals surface area contributed by atoms with E-state index < -0.39 is 5.60 Å². The van der Waals surface area contributed by atoms with Crippen molar-refractivity contribution in [3.8, 4) is 0 Å². The van der Waals surface area contributed by atoms with Crippen molar-refractivity contribution in [1.29, 1.82) is 0 Å². The minimum absolute atomic E-state index is 0.457. The van der Waals surface area contributed by atoms with E-state index in [1.165, 1.54) is 0 Å². The number of rotatable bonds is 2. The molecule has 4 heteroatoms. The van der Waals surface area contributed by atoms with E-state index in [1.807, 2.05) is 19.3 Å². The average molecular weight is 209 g/mol. The minimum Gasteiger partial charge on any atom is -0.388 e. The Morgan fingerprint density at radius 3 is 2.80 bits per heavy atom. The third-order valence-corrected chi connectivity index (χ3v) is 3.25. The molecule has 0 amide bonds. The van der Waals surface area contributed by atoms with Gasteiger partial charge in [0.05, 0.1) is 11.3 Å². The van der Waals surface area contributed by atoms with Gasteiger partial charge in [0.2, 0.25) is 0 Å². The Kier molecular flexibility index (Phi) is 2.56. The SMILES string of the molecule is CC1CC(O)(Cc2ccn(C)n2)CN1C. The number of aliphatic hydroxyl groups is 1. The number of nitrogens with zero attached hydrogens (tertiary/aromatic N) is 3. The monoisotopic (exact) mass is 209 g/mol. The molecule has 4 nitrogen and oxygen atoms in total. The first kappa shape index (κ1) is 10.6. The number of hydrogen-bond acceptors (Lipinski definition) is 3. The fourth-order valence-electron chi connectivity index (χ4n) is 2.41. The van der Waals surface area contributed by atoms with Gasteiger partial charge in [-0.05, 0) is 26.5 Å². The molecule has 1 N–H and O–H groups in total. The Labute approximate surface area is 90.5 Å². The first-order valence-corrected chi connectivity index (χ1v) is 5.40. The van der Waals surface area contributed by atoms with Gasteiger partial charge in [-0.25, -0.2) is 0 Å². The van der Waals surface area contributed by atoms with Crippen LogP contribution in [0.5, 0.6) is 0 Å². The highest BCUT2D eigenvalue weighted by Gasteiger charge is 2.39. The summed E-state index contributed by atoms with van der Waals surface area (Å²) in [5, 5.41) is 14.7. The van der Waals surface area contributed by atoms with Crippen molar-refractivity contribution >= 4 is 0 Å². The Morgan fingerprint density at radius 2 is 2.33 bits per heavy atom. The Balaban J connectivity index is 2.06. The van der Waals surface area contributed by atoms with E-state index in [4.69, 9.17) is 0 Å². The van der Waals surface area contributed by atoms with Crippen LogP contribution in [0.1, 0.15) is 19.0 Å². The number of aryl methyl sites for hydroxylation is 1. The number of β-amino-alcohol motifs (C(OH)–C–C–N with tert-alkyl or cyclic N) is 1. The van der Waals surface area contributed by atoms with E-state index >= 15 is 0 Å². The summed E-state index contributed by atoms with van der Waals surface area (Å²) in [6.07, 6.45) is 3.41. The number of hydrogen-bond donors (Lipinski definition) is 1. The maximum absolute atomic E-state index is 10.4. The number of aromatic nitrogens is 2. The third kappa shape index (κ3) is 2.21. The molecule has 84 valence electrons. The summed E-state index contributed by atoms with van der Waals surface area (Å²) in [6.45, 7) is 2.89. The normalized spacial score (nSPS) is 32.4. The summed E-state index contributed by atoms with van der Waals surface area (Å²) in [5.74, 6) is 0. The van der Waals surface area contributed by atoms with Crippen LogP contribution < -0.4 is 0 Å². The van der Waals surface area contributed by atoms with E-state index in [9.17, 15) is 5.11 Å². The lowest BCUT2D eigenvalue weighted by Gasteiger charge is -2.20. The molecule has 2 rings (SSSR count). The maximum atomic E-state index is 10.4. The van der Waals surface area contributed by atoms with Gasteiger partial charge < -0.3 is 10.0 Å². The van der Waals surface area contributed by atoms with Crippen LogP contribution in [0.2, 0.25) is 0 Å². The van der Waals surface area contributed by atoms with Crippen LogP contribution in [0.15, 0.2) is 12.3 Å². The van der Waals surface area contributed by atoms with Gasteiger partial charge in [-0.15, -0.1) is 0 Å². The van der Waals surface area contributed by atoms with E-state index in [2.05, 4.69) is 24.0 Å². The van der Waals surface area contributed by atoms with E-state index in [0.29, 0.717) is 12.5 Å². The molecule has 0 saturated carbocycles. The molecule has 0 spiro atoms. The van der Waals surface area contributed by atoms with Gasteiger partial charge in [-0.3, -0.25) is 4.68 Å². The maximum Gasteiger partial charge on any atom is 0.0844 e. The minimum atomic E-state index is -0.595. The highest BCUT2D eigenvalue weighted by Crippen LogP contribution is 2.28. The highest BCUT2D eigenvalue weighted by atomic mass is 16.3. The van der Waals surface area contributed by atoms with Crippen molar-refractivity contribution in [1.82, 2.24) is 14.7 Å². The molecule has 1 saturated heterocycles. The molecule has 1 fully saturated rings. The van der Waals surface area contributed by atoms with Crippen LogP contribution >= 0.6 is 0 Å². The molecule has 2 heterocycles. The molecule has 0 aromatic carbocycles. The summed E-state index contributed by atoms with van der Waals surface area (Å²) in [5.41, 5.74) is 0.380. The van der Waals surface area contributed by atoms with E-state index in [-0.39, 0.29) is 0 Å². The van der Waals surface area contributed by atoms with E-state index in [1.54, 1.807) is 4.68 Å². The van der Waals surface area contributed by atoms with Gasteiger partial charge in [0.1, 0.15) is 0 Å². The quantitative estimate of drug-likeness (QED) is 0.767. The van der Waals surface area contributed by atoms with Gasteiger partial charge in [0, 0.05) is 32.3 Å². The van der Waals surface area contributed by atoms with Crippen molar-refractivity contribution < 1.29 is 5.11 Å². The highest BCUT2D eigenvalue weighted by molar-refractivity contribution is 5.07. The van der Waals surface area contributed by atoms with Gasteiger partial charge >= 0.3 is 0 Å². The zero-order valence-corrected chi connectivity index (χ0v) is 9.64. The largest absolute Gasteiger partial charge is 0.388 e. The van der Waals surface area contributed by atoms with Crippen LogP contribution in [0, 0.1) is 0 Å². The second-order valence-corrected chi connectivity index (χ2v) is 4.85. The molecule has 0 aliphatic carbocycles. The van der Waals surface area contributed by atoms with E-state index in [0.717, 1.165) is 18.7 Å². The second kappa shape index (κ2) is 3.61. The van der Waals surface area contributed by atoms with Crippen molar-refractivity contribution in [2.45, 2.75) is 31.4 Å². The molecule has 1 aromatic heterocycles. The summed E-state index contributed by atoms with van der Waals surface area (Å²) in [6, 6.07) is 2.43. The number of likely N-dealkylation sites (tertiary alicyclic amines) is 1. The lowest BCUT2D eigenvalue weighted by molar-refractivity contribution is 0.0510. The smallest absolute Gasteiger partial charge is 0.0844 e. The Bertz CT molecular complexity index is 337. The van der Waals surface area contributed by atoms with Crippen LogP contribution in [0.3, 0.4) is 0 Å². The topological polar surface area (TPSA) is 41.3 Å². The van der Waals surface area contributed by atoms with Crippen LogP contribution in [0.4, 0.5) is 0 Å². The van der Waals surface area contributed by atoms with Gasteiger partial charge in [0.15, 0.2) is 0 Å². The van der Waals surface area contributed by atoms with Gasteiger partial charge in [-0.2, -0.15) is 5.10 Å². The predicted octanol–water partition coefficient (Wildman–Crippen LogP) is 0.418. The molecule has 15 heavy (non-hydrogen) atoms. The molecule has 2 atom stereocenters. The lowest BCUT2D eigenvalue weighted by atomic mass is 9.95. The molecule has 0 bridgehead atoms. The predicted molar refractivity (Wildman–Crippen MR) is 58.6 cm³/mol. The molecular weight excluding hydrogens is 190 g/mol. The van der Waals surface area contributed by atoms with Crippen molar-refractivity contribution in [3.05, 3.63) is 18.0 Å². The molecule has 1 aromatic rings. The van der Waals surface area contributed by atoms with Crippen LogP contribution in [0.25, 0.3) is 0 Å². The van der Waals surface area contributed by atoms with Gasteiger partial charge in [0.25, 0.3) is 0 Å². The third-order valence-electron chi connectivity index (χ3n) is 3.25. The summed E-state index contributed by atoms with van der Waals surface area (Å²) in [4.78, 5) is 2.20. The van der Waals surface area contributed by atoms with Gasteiger partial charge in [-0.1, -0.05) is 0 Å². The summed E-state index contributed by atoms with van der Waals surface area (Å²) < 4.78 is 1.78. The number of likely N-dealkylation sites (N-methyl/N-ethyl adjacent to an activating group) is 1. The molecule has 2 unspecified atom stereocenters. The molecule has 1 aliphatic heterocycles. The van der Waals surface area contributed by atoms with Crippen LogP contribution in [-0.2, 0) is 13.5 Å². The average Bonchev–Trinajstić information content (AvgIpc) is 2.59. The van der Waals surface area contributed by atoms with Crippen molar-refractivity contribution in [2.75, 3.05) is 13.6 Å². The zero-order valence-electron chi connectivity index (χ0n) is 9.64. The lowest BCUT2D eigenvalue weighted by Crippen LogP contribution is -2.34. The van der Waals surface area contributed by atoms with Crippen LogP contribution in [-0.4, -0.2) is 45.0 Å². The summed E-state index contributed by atoms with van der Waals surface area (Å²) in [7, 11) is 3.96. The van der Waals surface area contributed by atoms with Crippen molar-refractivity contribution in [3.63, 3.8) is 0 Å². The standard InChI is InChI=1S/C11H19N3O/c1-9-6-11(15,8-13(9)2)7-10-4-5-14(3)12-10/h4-5,9,15H,6-8H2,1-3H3. The van der Waals surface area contributed by atoms with Crippen molar-refractivity contribution in [2.24, 2.45) is 7.05 Å². The fourth-order valence-corrected chi connectivity index (χ4v) is 2.41. The molecule has 1 aliphatic rings. The Hall–Kier alpha value is -0.870. The summed E-state index contributed by atoms with van der Waals surface area (Å²) >= 11 is 0. The molecule has 0 radical (unpaired) electrons. The molecular formula is C11H19N3O. The zero-order chi connectivity index (χ0) is 11.1. The Morgan fingerprint density at radius 1 is 1.60 bits per heavy atom. The second-order valence-electron chi connectivity index (χ2n) is 4.85. The first-order chi connectivity index (χ1) is 6.98.